The van der Waals surface area contributed by atoms with Crippen molar-refractivity contribution in [3.8, 4) is 0 Å². The molecule has 0 spiro atoms. The molecule has 0 bridgehead atoms. The van der Waals surface area contributed by atoms with Gasteiger partial charge in [-0.05, 0) is 18.6 Å². The maximum Gasteiger partial charge on any atom is 0.269 e. The van der Waals surface area contributed by atoms with E-state index in [1.807, 2.05) is 24.3 Å². The summed E-state index contributed by atoms with van der Waals surface area (Å²) in [5.41, 5.74) is 7.53. The van der Waals surface area contributed by atoms with Crippen LogP contribution in [0.15, 0.2) is 43.2 Å². The van der Waals surface area contributed by atoms with Crippen LogP contribution in [-0.4, -0.2) is 24.0 Å². The monoisotopic (exact) mass is 271 g/mol. The zero-order chi connectivity index (χ0) is 14.4. The molecule has 1 aromatic heterocycles. The fourth-order valence-corrected chi connectivity index (χ4v) is 1.85. The Balaban J connectivity index is 2.05. The van der Waals surface area contributed by atoms with Crippen LogP contribution in [0.3, 0.4) is 0 Å². The molecule has 1 amide bonds. The first-order chi connectivity index (χ1) is 9.72. The molecule has 0 unspecified atom stereocenters. The van der Waals surface area contributed by atoms with Crippen molar-refractivity contribution in [3.05, 3.63) is 48.9 Å². The second-order valence-corrected chi connectivity index (χ2v) is 4.26. The molecule has 5 heteroatoms. The van der Waals surface area contributed by atoms with E-state index >= 15 is 0 Å². The van der Waals surface area contributed by atoms with E-state index < -0.39 is 0 Å². The second-order valence-electron chi connectivity index (χ2n) is 4.26. The summed E-state index contributed by atoms with van der Waals surface area (Å²) in [6.07, 6.45) is 2.09. The molecular weight excluding hydrogens is 254 g/mol. The lowest BCUT2D eigenvalue weighted by molar-refractivity contribution is 0.0946. The van der Waals surface area contributed by atoms with Gasteiger partial charge in [-0.15, -0.1) is 0 Å². The lowest BCUT2D eigenvalue weighted by Gasteiger charge is -2.07. The van der Waals surface area contributed by atoms with Crippen LogP contribution in [0, 0.1) is 0 Å². The number of benzene rings is 1. The smallest absolute Gasteiger partial charge is 0.269 e. The van der Waals surface area contributed by atoms with Gasteiger partial charge in [0.25, 0.3) is 5.91 Å². The largest absolute Gasteiger partial charge is 0.502 e. The molecule has 0 saturated heterocycles. The number of ether oxygens (including phenoxy) is 1. The van der Waals surface area contributed by atoms with E-state index in [-0.39, 0.29) is 5.91 Å². The highest BCUT2D eigenvalue weighted by molar-refractivity contribution is 5.99. The van der Waals surface area contributed by atoms with Crippen molar-refractivity contribution in [3.63, 3.8) is 0 Å². The fraction of sp³-hybridized carbons (Fsp3) is 0.200. The highest BCUT2D eigenvalue weighted by Crippen LogP contribution is 2.19. The van der Waals surface area contributed by atoms with Gasteiger partial charge in [0.15, 0.2) is 0 Å². The maximum atomic E-state index is 12.0. The van der Waals surface area contributed by atoms with Crippen LogP contribution in [0.5, 0.6) is 0 Å². The summed E-state index contributed by atoms with van der Waals surface area (Å²) >= 11 is 0. The van der Waals surface area contributed by atoms with Crippen LogP contribution in [0.4, 0.5) is 5.69 Å². The number of anilines is 1. The average molecular weight is 271 g/mol. The molecular formula is C15H17N3O2. The molecule has 0 aliphatic rings. The quantitative estimate of drug-likeness (QED) is 0.623. The van der Waals surface area contributed by atoms with E-state index in [2.05, 4.69) is 16.9 Å². The van der Waals surface area contributed by atoms with Gasteiger partial charge < -0.3 is 15.8 Å². The standard InChI is InChI=1S/C15H17N3O2/c1-2-20-9-5-8-17-15(19)14-10-12(16)11-6-3-4-7-13(11)18-14/h2-4,6-7,10H,1,5,8-9H2,(H2,16,18)(H,17,19). The van der Waals surface area contributed by atoms with E-state index in [4.69, 9.17) is 10.5 Å². The Morgan fingerprint density at radius 3 is 3.05 bits per heavy atom. The number of para-hydroxylation sites is 1. The number of hydrogen-bond donors (Lipinski definition) is 2. The SMILES string of the molecule is C=COCCCNC(=O)c1cc(N)c2ccccc2n1. The van der Waals surface area contributed by atoms with Crippen LogP contribution in [0.25, 0.3) is 10.9 Å². The highest BCUT2D eigenvalue weighted by Gasteiger charge is 2.09. The molecule has 0 aliphatic heterocycles. The van der Waals surface area contributed by atoms with Crippen LogP contribution in [0.2, 0.25) is 0 Å². The molecule has 1 heterocycles. The van der Waals surface area contributed by atoms with Crippen molar-refractivity contribution in [1.82, 2.24) is 10.3 Å². The van der Waals surface area contributed by atoms with Gasteiger partial charge in [-0.1, -0.05) is 24.8 Å². The van der Waals surface area contributed by atoms with Gasteiger partial charge in [-0.2, -0.15) is 0 Å². The lowest BCUT2D eigenvalue weighted by Crippen LogP contribution is -2.26. The van der Waals surface area contributed by atoms with Crippen molar-refractivity contribution < 1.29 is 9.53 Å². The first kappa shape index (κ1) is 13.9. The fourth-order valence-electron chi connectivity index (χ4n) is 1.85. The number of aromatic nitrogens is 1. The minimum absolute atomic E-state index is 0.235. The van der Waals surface area contributed by atoms with E-state index in [1.165, 1.54) is 6.26 Å². The van der Waals surface area contributed by atoms with Crippen LogP contribution in [-0.2, 0) is 4.74 Å². The number of carbonyl (C=O) groups is 1. The van der Waals surface area contributed by atoms with E-state index in [0.29, 0.717) is 36.5 Å². The number of nitrogens with one attached hydrogen (secondary N) is 1. The Bertz CT molecular complexity index is 626. The molecule has 5 nitrogen and oxygen atoms in total. The summed E-state index contributed by atoms with van der Waals surface area (Å²) in [7, 11) is 0. The van der Waals surface area contributed by atoms with Gasteiger partial charge in [0.05, 0.1) is 18.4 Å². The van der Waals surface area contributed by atoms with Crippen molar-refractivity contribution >= 4 is 22.5 Å². The van der Waals surface area contributed by atoms with Gasteiger partial charge in [0.1, 0.15) is 5.69 Å². The van der Waals surface area contributed by atoms with Crippen LogP contribution in [0.1, 0.15) is 16.9 Å². The van der Waals surface area contributed by atoms with Gasteiger partial charge in [0, 0.05) is 17.6 Å². The molecule has 104 valence electrons. The number of pyridine rings is 1. The third kappa shape index (κ3) is 3.26. The number of nitrogens with two attached hydrogens (primary N) is 1. The molecule has 0 atom stereocenters. The molecule has 3 N–H and O–H groups in total. The second kappa shape index (κ2) is 6.56. The lowest BCUT2D eigenvalue weighted by atomic mass is 10.1. The first-order valence-electron chi connectivity index (χ1n) is 6.38. The minimum atomic E-state index is -0.235. The summed E-state index contributed by atoms with van der Waals surface area (Å²) in [6.45, 7) is 4.49. The molecule has 2 rings (SSSR count). The number of nitrogen functional groups attached to an aromatic ring is 1. The summed E-state index contributed by atoms with van der Waals surface area (Å²) in [4.78, 5) is 16.3. The number of carbonyl (C=O) groups excluding carboxylic acids is 1. The summed E-state index contributed by atoms with van der Waals surface area (Å²) < 4.78 is 4.97. The molecule has 1 aromatic carbocycles. The van der Waals surface area contributed by atoms with Crippen LogP contribution < -0.4 is 11.1 Å². The minimum Gasteiger partial charge on any atom is -0.502 e. The van der Waals surface area contributed by atoms with E-state index in [9.17, 15) is 4.79 Å². The molecule has 20 heavy (non-hydrogen) atoms. The highest BCUT2D eigenvalue weighted by atomic mass is 16.5. The third-order valence-corrected chi connectivity index (χ3v) is 2.82. The van der Waals surface area contributed by atoms with Gasteiger partial charge >= 0.3 is 0 Å². The van der Waals surface area contributed by atoms with Crippen LogP contribution >= 0.6 is 0 Å². The third-order valence-electron chi connectivity index (χ3n) is 2.82. The molecule has 0 radical (unpaired) electrons. The number of fused-ring (bicyclic) bond motifs is 1. The zero-order valence-electron chi connectivity index (χ0n) is 11.1. The van der Waals surface area contributed by atoms with Crippen molar-refractivity contribution in [2.45, 2.75) is 6.42 Å². The first-order valence-corrected chi connectivity index (χ1v) is 6.38. The summed E-state index contributed by atoms with van der Waals surface area (Å²) in [5, 5.41) is 3.63. The number of rotatable bonds is 6. The van der Waals surface area contributed by atoms with Gasteiger partial charge in [0.2, 0.25) is 0 Å². The van der Waals surface area contributed by atoms with Gasteiger partial charge in [-0.3, -0.25) is 4.79 Å². The topological polar surface area (TPSA) is 77.2 Å². The Morgan fingerprint density at radius 1 is 1.45 bits per heavy atom. The number of nitrogens with zero attached hydrogens (tertiary/aromatic N) is 1. The predicted molar refractivity (Wildman–Crippen MR) is 79.3 cm³/mol. The Kier molecular flexibility index (Phi) is 4.55. The Labute approximate surface area is 117 Å². The maximum absolute atomic E-state index is 12.0. The molecule has 0 saturated carbocycles. The van der Waals surface area contributed by atoms with E-state index in [1.54, 1.807) is 6.07 Å². The zero-order valence-corrected chi connectivity index (χ0v) is 11.1. The summed E-state index contributed by atoms with van der Waals surface area (Å²) in [5.74, 6) is -0.235. The van der Waals surface area contributed by atoms with Crippen molar-refractivity contribution in [2.75, 3.05) is 18.9 Å². The average Bonchev–Trinajstić information content (AvgIpc) is 2.47. The molecule has 0 aliphatic carbocycles. The normalized spacial score (nSPS) is 10.2. The number of amides is 1. The molecule has 2 aromatic rings. The summed E-state index contributed by atoms with van der Waals surface area (Å²) in [6, 6.07) is 9.06. The number of hydrogen-bond acceptors (Lipinski definition) is 4. The van der Waals surface area contributed by atoms with E-state index in [0.717, 1.165) is 5.39 Å². The van der Waals surface area contributed by atoms with Crippen molar-refractivity contribution in [1.29, 1.82) is 0 Å². The predicted octanol–water partition coefficient (Wildman–Crippen LogP) is 2.10. The molecule has 0 fully saturated rings. The Morgan fingerprint density at radius 2 is 2.25 bits per heavy atom. The van der Waals surface area contributed by atoms with Crippen molar-refractivity contribution in [2.24, 2.45) is 0 Å². The Hall–Kier alpha value is -2.56. The van der Waals surface area contributed by atoms with Gasteiger partial charge in [-0.25, -0.2) is 4.98 Å².